The molecule has 2 atom stereocenters. The van der Waals surface area contributed by atoms with Crippen molar-refractivity contribution in [3.63, 3.8) is 0 Å². The van der Waals surface area contributed by atoms with E-state index < -0.39 is 0 Å². The second kappa shape index (κ2) is 4.45. The van der Waals surface area contributed by atoms with Crippen LogP contribution in [-0.2, 0) is 0 Å². The Hall–Kier alpha value is -0.0400. The quantitative estimate of drug-likeness (QED) is 0.731. The van der Waals surface area contributed by atoms with Gasteiger partial charge in [-0.05, 0) is 43.9 Å². The van der Waals surface area contributed by atoms with Gasteiger partial charge < -0.3 is 5.32 Å². The summed E-state index contributed by atoms with van der Waals surface area (Å²) >= 11 is 0. The van der Waals surface area contributed by atoms with Crippen LogP contribution < -0.4 is 5.32 Å². The van der Waals surface area contributed by atoms with E-state index in [1.165, 1.54) is 44.9 Å². The van der Waals surface area contributed by atoms with Gasteiger partial charge in [0.25, 0.3) is 0 Å². The first-order valence-corrected chi connectivity index (χ1v) is 7.16. The maximum absolute atomic E-state index is 3.76. The first-order chi connectivity index (χ1) is 7.40. The smallest absolute Gasteiger partial charge is 0.00728 e. The van der Waals surface area contributed by atoms with E-state index in [0.717, 1.165) is 23.9 Å². The van der Waals surface area contributed by atoms with Gasteiger partial charge in [0.2, 0.25) is 0 Å². The van der Waals surface area contributed by atoms with Crippen molar-refractivity contribution in [1.82, 2.24) is 5.32 Å². The molecule has 3 rings (SSSR count). The third-order valence-electron chi connectivity index (χ3n) is 4.96. The predicted octanol–water partition coefficient (Wildman–Crippen LogP) is 3.49. The lowest BCUT2D eigenvalue weighted by molar-refractivity contribution is 0.222. The highest BCUT2D eigenvalue weighted by Crippen LogP contribution is 2.37. The second-order valence-corrected chi connectivity index (χ2v) is 6.22. The zero-order valence-electron chi connectivity index (χ0n) is 9.88. The van der Waals surface area contributed by atoms with E-state index in [4.69, 9.17) is 0 Å². The van der Waals surface area contributed by atoms with Gasteiger partial charge in [0.05, 0.1) is 0 Å². The number of rotatable bonds is 2. The Balaban J connectivity index is 1.50. The molecule has 1 saturated carbocycles. The fraction of sp³-hybridized carbons (Fsp3) is 1.00. The minimum absolute atomic E-state index is 0.900. The molecule has 0 spiro atoms. The van der Waals surface area contributed by atoms with Crippen molar-refractivity contribution >= 4 is 0 Å². The molecule has 3 fully saturated rings. The predicted molar refractivity (Wildman–Crippen MR) is 63.9 cm³/mol. The third kappa shape index (κ3) is 2.38. The molecule has 86 valence electrons. The molecule has 0 aromatic carbocycles. The van der Waals surface area contributed by atoms with E-state index in [9.17, 15) is 0 Å². The molecule has 0 amide bonds. The molecule has 1 nitrogen and oxygen atoms in total. The van der Waals surface area contributed by atoms with Crippen LogP contribution in [0, 0.1) is 11.8 Å². The first-order valence-electron chi connectivity index (χ1n) is 7.16. The summed E-state index contributed by atoms with van der Waals surface area (Å²) in [6.45, 7) is 0. The van der Waals surface area contributed by atoms with Crippen LogP contribution in [0.4, 0.5) is 0 Å². The molecule has 3 aliphatic rings. The SMILES string of the molecule is C1CCC(CC2CC3CCC(C2)N3)CC1. The minimum Gasteiger partial charge on any atom is -0.311 e. The largest absolute Gasteiger partial charge is 0.311 e. The van der Waals surface area contributed by atoms with Crippen molar-refractivity contribution in [2.45, 2.75) is 76.3 Å². The van der Waals surface area contributed by atoms with Gasteiger partial charge in [0.1, 0.15) is 0 Å². The number of hydrogen-bond acceptors (Lipinski definition) is 1. The van der Waals surface area contributed by atoms with Crippen LogP contribution in [0.5, 0.6) is 0 Å². The zero-order chi connectivity index (χ0) is 10.1. The van der Waals surface area contributed by atoms with Crippen molar-refractivity contribution in [3.05, 3.63) is 0 Å². The van der Waals surface area contributed by atoms with Crippen molar-refractivity contribution in [3.8, 4) is 0 Å². The second-order valence-electron chi connectivity index (χ2n) is 6.22. The summed E-state index contributed by atoms with van der Waals surface area (Å²) in [5, 5.41) is 3.76. The normalized spacial score (nSPS) is 42.0. The number of nitrogens with one attached hydrogen (secondary N) is 1. The van der Waals surface area contributed by atoms with Crippen LogP contribution in [0.15, 0.2) is 0 Å². The highest BCUT2D eigenvalue weighted by molar-refractivity contribution is 4.92. The summed E-state index contributed by atoms with van der Waals surface area (Å²) in [5.74, 6) is 2.17. The topological polar surface area (TPSA) is 12.0 Å². The molecular formula is C14H25N. The van der Waals surface area contributed by atoms with E-state index in [2.05, 4.69) is 5.32 Å². The van der Waals surface area contributed by atoms with Gasteiger partial charge in [-0.25, -0.2) is 0 Å². The van der Waals surface area contributed by atoms with E-state index in [-0.39, 0.29) is 0 Å². The Kier molecular flexibility index (Phi) is 3.01. The number of hydrogen-bond donors (Lipinski definition) is 1. The highest BCUT2D eigenvalue weighted by Gasteiger charge is 2.34. The van der Waals surface area contributed by atoms with Crippen LogP contribution in [-0.4, -0.2) is 12.1 Å². The minimum atomic E-state index is 0.900. The maximum atomic E-state index is 3.76. The molecule has 2 bridgehead atoms. The molecule has 1 N–H and O–H groups in total. The van der Waals surface area contributed by atoms with E-state index >= 15 is 0 Å². The van der Waals surface area contributed by atoms with Gasteiger partial charge in [-0.15, -0.1) is 0 Å². The average Bonchev–Trinajstić information content (AvgIpc) is 2.60. The van der Waals surface area contributed by atoms with Crippen LogP contribution in [0.2, 0.25) is 0 Å². The molecule has 1 aliphatic carbocycles. The molecule has 0 aromatic heterocycles. The van der Waals surface area contributed by atoms with Gasteiger partial charge in [0.15, 0.2) is 0 Å². The van der Waals surface area contributed by atoms with Crippen molar-refractivity contribution in [2.24, 2.45) is 11.8 Å². The molecule has 1 heteroatoms. The van der Waals surface area contributed by atoms with Crippen molar-refractivity contribution < 1.29 is 0 Å². The molecule has 2 aliphatic heterocycles. The molecule has 0 aromatic rings. The van der Waals surface area contributed by atoms with Gasteiger partial charge in [-0.1, -0.05) is 32.1 Å². The lowest BCUT2D eigenvalue weighted by Crippen LogP contribution is -2.38. The summed E-state index contributed by atoms with van der Waals surface area (Å²) in [4.78, 5) is 0. The van der Waals surface area contributed by atoms with Crippen LogP contribution >= 0.6 is 0 Å². The molecule has 2 unspecified atom stereocenters. The molecule has 2 saturated heterocycles. The van der Waals surface area contributed by atoms with Crippen molar-refractivity contribution in [2.75, 3.05) is 0 Å². The molecular weight excluding hydrogens is 182 g/mol. The summed E-state index contributed by atoms with van der Waals surface area (Å²) in [7, 11) is 0. The lowest BCUT2D eigenvalue weighted by Gasteiger charge is -2.32. The Bertz CT molecular complexity index is 195. The Morgan fingerprint density at radius 2 is 1.40 bits per heavy atom. The molecule has 15 heavy (non-hydrogen) atoms. The Labute approximate surface area is 94.0 Å². The van der Waals surface area contributed by atoms with Gasteiger partial charge in [0, 0.05) is 12.1 Å². The number of piperidine rings is 1. The van der Waals surface area contributed by atoms with Gasteiger partial charge in [-0.3, -0.25) is 0 Å². The monoisotopic (exact) mass is 207 g/mol. The fourth-order valence-corrected chi connectivity index (χ4v) is 4.26. The third-order valence-corrected chi connectivity index (χ3v) is 4.96. The summed E-state index contributed by atoms with van der Waals surface area (Å²) in [6.07, 6.45) is 15.1. The molecule has 0 radical (unpaired) electrons. The highest BCUT2D eigenvalue weighted by atomic mass is 15.0. The fourth-order valence-electron chi connectivity index (χ4n) is 4.26. The van der Waals surface area contributed by atoms with Crippen LogP contribution in [0.25, 0.3) is 0 Å². The van der Waals surface area contributed by atoms with Crippen molar-refractivity contribution in [1.29, 1.82) is 0 Å². The Morgan fingerprint density at radius 3 is 2.07 bits per heavy atom. The van der Waals surface area contributed by atoms with E-state index in [1.54, 1.807) is 19.3 Å². The average molecular weight is 207 g/mol. The van der Waals surface area contributed by atoms with Gasteiger partial charge in [-0.2, -0.15) is 0 Å². The van der Waals surface area contributed by atoms with E-state index in [1.807, 2.05) is 0 Å². The van der Waals surface area contributed by atoms with Crippen LogP contribution in [0.3, 0.4) is 0 Å². The van der Waals surface area contributed by atoms with E-state index in [0.29, 0.717) is 0 Å². The Morgan fingerprint density at radius 1 is 0.733 bits per heavy atom. The van der Waals surface area contributed by atoms with Crippen LogP contribution in [0.1, 0.15) is 64.2 Å². The summed E-state index contributed by atoms with van der Waals surface area (Å²) < 4.78 is 0. The summed E-state index contributed by atoms with van der Waals surface area (Å²) in [5.41, 5.74) is 0. The maximum Gasteiger partial charge on any atom is 0.00728 e. The first kappa shape index (κ1) is 10.1. The molecule has 2 heterocycles. The number of fused-ring (bicyclic) bond motifs is 2. The van der Waals surface area contributed by atoms with Gasteiger partial charge >= 0.3 is 0 Å². The summed E-state index contributed by atoms with van der Waals surface area (Å²) in [6, 6.07) is 1.80. The standard InChI is InChI=1S/C14H25N/c1-2-4-11(5-3-1)8-12-9-13-6-7-14(10-12)15-13/h11-15H,1-10H2. The zero-order valence-corrected chi connectivity index (χ0v) is 9.88. The lowest BCUT2D eigenvalue weighted by atomic mass is 9.78.